The van der Waals surface area contributed by atoms with Crippen LogP contribution in [-0.4, -0.2) is 43.1 Å². The van der Waals surface area contributed by atoms with Crippen molar-refractivity contribution in [1.29, 1.82) is 0 Å². The molecule has 1 amide bonds. The first-order valence-electron chi connectivity index (χ1n) is 9.12. The van der Waals surface area contributed by atoms with Crippen molar-refractivity contribution in [2.75, 3.05) is 42.3 Å². The third kappa shape index (κ3) is 4.31. The number of aromatic nitrogens is 2. The summed E-state index contributed by atoms with van der Waals surface area (Å²) in [6.45, 7) is 6.03. The van der Waals surface area contributed by atoms with E-state index in [-0.39, 0.29) is 5.91 Å². The van der Waals surface area contributed by atoms with Gasteiger partial charge in [-0.1, -0.05) is 6.92 Å². The molecule has 0 saturated carbocycles. The average Bonchev–Trinajstić information content (AvgIpc) is 2.61. The molecule has 2 heterocycles. The standard InChI is InChI=1S/C20H27N5O/c1-14-6-5-11-25(13-14)20-21-15(2)12-18(23-20)19(26)22-16-7-9-17(10-8-16)24(3)4/h7-10,12,14H,5-6,11,13H2,1-4H3,(H,22,26). The first-order chi connectivity index (χ1) is 12.4. The lowest BCUT2D eigenvalue weighted by molar-refractivity contribution is 0.102. The van der Waals surface area contributed by atoms with Crippen LogP contribution in [0.1, 0.15) is 35.9 Å². The van der Waals surface area contributed by atoms with Crippen LogP contribution in [0.4, 0.5) is 17.3 Å². The number of carbonyl (C=O) groups is 1. The second-order valence-corrected chi connectivity index (χ2v) is 7.28. The van der Waals surface area contributed by atoms with Crippen LogP contribution < -0.4 is 15.1 Å². The highest BCUT2D eigenvalue weighted by Gasteiger charge is 2.20. The van der Waals surface area contributed by atoms with E-state index < -0.39 is 0 Å². The molecule has 1 aliphatic heterocycles. The Morgan fingerprint density at radius 1 is 1.23 bits per heavy atom. The number of hydrogen-bond donors (Lipinski definition) is 1. The molecule has 6 nitrogen and oxygen atoms in total. The second kappa shape index (κ2) is 7.72. The summed E-state index contributed by atoms with van der Waals surface area (Å²) in [5.41, 5.74) is 3.05. The fraction of sp³-hybridized carbons (Fsp3) is 0.450. The number of carbonyl (C=O) groups excluding carboxylic acids is 1. The van der Waals surface area contributed by atoms with Gasteiger partial charge in [0.1, 0.15) is 5.69 Å². The molecule has 1 fully saturated rings. The lowest BCUT2D eigenvalue weighted by atomic mass is 10.0. The number of aryl methyl sites for hydroxylation is 1. The molecule has 1 aromatic carbocycles. The zero-order valence-corrected chi connectivity index (χ0v) is 16.0. The molecule has 1 unspecified atom stereocenters. The summed E-state index contributed by atoms with van der Waals surface area (Å²) in [5, 5.41) is 2.92. The predicted molar refractivity (Wildman–Crippen MR) is 106 cm³/mol. The van der Waals surface area contributed by atoms with E-state index >= 15 is 0 Å². The van der Waals surface area contributed by atoms with Crippen LogP contribution in [0.25, 0.3) is 0 Å². The summed E-state index contributed by atoms with van der Waals surface area (Å²) in [6, 6.07) is 9.48. The van der Waals surface area contributed by atoms with Gasteiger partial charge in [-0.3, -0.25) is 4.79 Å². The Morgan fingerprint density at radius 2 is 1.96 bits per heavy atom. The molecule has 26 heavy (non-hydrogen) atoms. The summed E-state index contributed by atoms with van der Waals surface area (Å²) >= 11 is 0. The van der Waals surface area contributed by atoms with Crippen molar-refractivity contribution < 1.29 is 4.79 Å². The normalized spacial score (nSPS) is 17.1. The molecule has 0 aliphatic carbocycles. The minimum Gasteiger partial charge on any atom is -0.378 e. The van der Waals surface area contributed by atoms with Gasteiger partial charge in [0.2, 0.25) is 5.95 Å². The number of piperidine rings is 1. The Bertz CT molecular complexity index is 772. The Hall–Kier alpha value is -2.63. The Balaban J connectivity index is 1.76. The van der Waals surface area contributed by atoms with Gasteiger partial charge in [-0.25, -0.2) is 9.97 Å². The van der Waals surface area contributed by atoms with Gasteiger partial charge in [-0.2, -0.15) is 0 Å². The third-order valence-electron chi connectivity index (χ3n) is 4.66. The lowest BCUT2D eigenvalue weighted by Crippen LogP contribution is -2.36. The first kappa shape index (κ1) is 18.2. The molecule has 1 N–H and O–H groups in total. The van der Waals surface area contributed by atoms with Crippen LogP contribution >= 0.6 is 0 Å². The third-order valence-corrected chi connectivity index (χ3v) is 4.66. The molecular formula is C20H27N5O. The van der Waals surface area contributed by atoms with E-state index in [9.17, 15) is 4.79 Å². The van der Waals surface area contributed by atoms with E-state index in [1.165, 1.54) is 6.42 Å². The Labute approximate surface area is 155 Å². The van der Waals surface area contributed by atoms with Crippen molar-refractivity contribution in [2.24, 2.45) is 5.92 Å². The fourth-order valence-electron chi connectivity index (χ4n) is 3.22. The molecule has 138 valence electrons. The highest BCUT2D eigenvalue weighted by atomic mass is 16.1. The molecule has 2 aromatic rings. The van der Waals surface area contributed by atoms with Crippen LogP contribution in [0.15, 0.2) is 30.3 Å². The van der Waals surface area contributed by atoms with Gasteiger partial charge >= 0.3 is 0 Å². The van der Waals surface area contributed by atoms with Gasteiger partial charge in [0.25, 0.3) is 5.91 Å². The highest BCUT2D eigenvalue weighted by Crippen LogP contribution is 2.21. The molecule has 0 radical (unpaired) electrons. The number of rotatable bonds is 4. The number of amides is 1. The molecule has 1 saturated heterocycles. The number of nitrogens with one attached hydrogen (secondary N) is 1. The SMILES string of the molecule is Cc1cc(C(=O)Nc2ccc(N(C)C)cc2)nc(N2CCCC(C)C2)n1. The van der Waals surface area contributed by atoms with Crippen molar-refractivity contribution >= 4 is 23.2 Å². The van der Waals surface area contributed by atoms with E-state index in [0.29, 0.717) is 17.6 Å². The monoisotopic (exact) mass is 353 g/mol. The molecule has 1 aromatic heterocycles. The topological polar surface area (TPSA) is 61.4 Å². The summed E-state index contributed by atoms with van der Waals surface area (Å²) in [7, 11) is 3.97. The van der Waals surface area contributed by atoms with Crippen LogP contribution in [0.3, 0.4) is 0 Å². The zero-order chi connectivity index (χ0) is 18.7. The van der Waals surface area contributed by atoms with Crippen molar-refractivity contribution in [1.82, 2.24) is 9.97 Å². The number of anilines is 3. The first-order valence-corrected chi connectivity index (χ1v) is 9.12. The maximum Gasteiger partial charge on any atom is 0.274 e. The summed E-state index contributed by atoms with van der Waals surface area (Å²) < 4.78 is 0. The highest BCUT2D eigenvalue weighted by molar-refractivity contribution is 6.03. The lowest BCUT2D eigenvalue weighted by Gasteiger charge is -2.31. The Morgan fingerprint density at radius 3 is 2.62 bits per heavy atom. The molecule has 6 heteroatoms. The van der Waals surface area contributed by atoms with E-state index in [4.69, 9.17) is 0 Å². The van der Waals surface area contributed by atoms with Gasteiger partial charge in [0.15, 0.2) is 0 Å². The minimum absolute atomic E-state index is 0.209. The van der Waals surface area contributed by atoms with Crippen LogP contribution in [0.5, 0.6) is 0 Å². The predicted octanol–water partition coefficient (Wildman–Crippen LogP) is 3.34. The maximum atomic E-state index is 12.7. The van der Waals surface area contributed by atoms with E-state index in [0.717, 1.165) is 36.6 Å². The molecule has 1 atom stereocenters. The van der Waals surface area contributed by atoms with Crippen molar-refractivity contribution in [3.05, 3.63) is 41.7 Å². The van der Waals surface area contributed by atoms with E-state index in [1.54, 1.807) is 6.07 Å². The van der Waals surface area contributed by atoms with Crippen LogP contribution in [0.2, 0.25) is 0 Å². The van der Waals surface area contributed by atoms with E-state index in [2.05, 4.69) is 27.1 Å². The van der Waals surface area contributed by atoms with Gasteiger partial charge < -0.3 is 15.1 Å². The van der Waals surface area contributed by atoms with Gasteiger partial charge in [0, 0.05) is 44.3 Å². The Kier molecular flexibility index (Phi) is 5.40. The average molecular weight is 353 g/mol. The number of hydrogen-bond acceptors (Lipinski definition) is 5. The summed E-state index contributed by atoms with van der Waals surface area (Å²) in [4.78, 5) is 25.9. The summed E-state index contributed by atoms with van der Waals surface area (Å²) in [6.07, 6.45) is 2.37. The molecule has 0 spiro atoms. The minimum atomic E-state index is -0.209. The van der Waals surface area contributed by atoms with Crippen molar-refractivity contribution in [3.8, 4) is 0 Å². The van der Waals surface area contributed by atoms with Gasteiger partial charge in [-0.15, -0.1) is 0 Å². The molecular weight excluding hydrogens is 326 g/mol. The largest absolute Gasteiger partial charge is 0.378 e. The van der Waals surface area contributed by atoms with Crippen molar-refractivity contribution in [2.45, 2.75) is 26.7 Å². The molecule has 1 aliphatic rings. The quantitative estimate of drug-likeness (QED) is 0.913. The second-order valence-electron chi connectivity index (χ2n) is 7.28. The summed E-state index contributed by atoms with van der Waals surface area (Å²) in [5.74, 6) is 1.07. The van der Waals surface area contributed by atoms with Crippen molar-refractivity contribution in [3.63, 3.8) is 0 Å². The smallest absolute Gasteiger partial charge is 0.274 e. The maximum absolute atomic E-state index is 12.7. The zero-order valence-electron chi connectivity index (χ0n) is 16.0. The number of benzene rings is 1. The van der Waals surface area contributed by atoms with Crippen LogP contribution in [-0.2, 0) is 0 Å². The fourth-order valence-corrected chi connectivity index (χ4v) is 3.22. The van der Waals surface area contributed by atoms with Crippen LogP contribution in [0, 0.1) is 12.8 Å². The van der Waals surface area contributed by atoms with E-state index in [1.807, 2.05) is 50.2 Å². The molecule has 0 bridgehead atoms. The van der Waals surface area contributed by atoms with Gasteiger partial charge in [0.05, 0.1) is 0 Å². The number of nitrogens with zero attached hydrogens (tertiary/aromatic N) is 4. The molecule has 3 rings (SSSR count). The van der Waals surface area contributed by atoms with Gasteiger partial charge in [-0.05, 0) is 56.0 Å².